The number of anilines is 1. The molecule has 1 saturated heterocycles. The number of nitrogens with zero attached hydrogens (tertiary/aromatic N) is 1. The quantitative estimate of drug-likeness (QED) is 0.203. The Hall–Kier alpha value is -3.28. The number of hydrogen-bond acceptors (Lipinski definition) is 8. The van der Waals surface area contributed by atoms with Crippen LogP contribution in [0.3, 0.4) is 0 Å². The molecule has 0 spiro atoms. The molecule has 1 aliphatic heterocycles. The van der Waals surface area contributed by atoms with Gasteiger partial charge in [0, 0.05) is 29.8 Å². The number of aliphatic hydroxyl groups excluding tert-OH is 1. The van der Waals surface area contributed by atoms with Gasteiger partial charge < -0.3 is 25.0 Å². The van der Waals surface area contributed by atoms with E-state index in [1.54, 1.807) is 41.3 Å². The van der Waals surface area contributed by atoms with Gasteiger partial charge in [0.25, 0.3) is 0 Å². The number of ether oxygens (including phenoxy) is 2. The van der Waals surface area contributed by atoms with E-state index < -0.39 is 12.3 Å². The van der Waals surface area contributed by atoms with Crippen LogP contribution >= 0.6 is 23.1 Å². The first kappa shape index (κ1) is 27.3. The fraction of sp³-hybridized carbons (Fsp3) is 0.276. The molecule has 1 amide bonds. The van der Waals surface area contributed by atoms with Crippen molar-refractivity contribution in [3.8, 4) is 0 Å². The summed E-state index contributed by atoms with van der Waals surface area (Å²) >= 11 is 3.32. The summed E-state index contributed by atoms with van der Waals surface area (Å²) in [5.41, 5.74) is 4.10. The minimum atomic E-state index is -1.02. The molecule has 0 saturated carbocycles. The van der Waals surface area contributed by atoms with E-state index in [2.05, 4.69) is 11.4 Å². The number of rotatable bonds is 10. The summed E-state index contributed by atoms with van der Waals surface area (Å²) in [5, 5.41) is 21.0. The third-order valence-electron chi connectivity index (χ3n) is 6.29. The molecule has 39 heavy (non-hydrogen) atoms. The van der Waals surface area contributed by atoms with E-state index in [0.29, 0.717) is 17.9 Å². The van der Waals surface area contributed by atoms with E-state index in [9.17, 15) is 14.7 Å². The lowest BCUT2D eigenvalue weighted by atomic mass is 10.0. The summed E-state index contributed by atoms with van der Waals surface area (Å²) in [4.78, 5) is 27.7. The van der Waals surface area contributed by atoms with Crippen LogP contribution in [0, 0.1) is 0 Å². The molecular weight excluding hydrogens is 536 g/mol. The maximum Gasteiger partial charge on any atom is 0.303 e. The van der Waals surface area contributed by atoms with Gasteiger partial charge in [-0.25, -0.2) is 4.98 Å². The second kappa shape index (κ2) is 12.7. The van der Waals surface area contributed by atoms with Crippen LogP contribution in [-0.2, 0) is 25.7 Å². The number of hydrogen-bond donors (Lipinski definition) is 3. The molecule has 1 aliphatic rings. The van der Waals surface area contributed by atoms with Crippen molar-refractivity contribution in [2.75, 3.05) is 11.1 Å². The Balaban J connectivity index is 1.33. The molecule has 1 aromatic heterocycles. The van der Waals surface area contributed by atoms with Crippen molar-refractivity contribution in [2.24, 2.45) is 0 Å². The van der Waals surface area contributed by atoms with Crippen molar-refractivity contribution >= 4 is 50.9 Å². The van der Waals surface area contributed by atoms with Gasteiger partial charge in [0.1, 0.15) is 0 Å². The number of aliphatic carboxylic acids is 1. The zero-order chi connectivity index (χ0) is 27.2. The van der Waals surface area contributed by atoms with Crippen LogP contribution in [-0.4, -0.2) is 38.9 Å². The van der Waals surface area contributed by atoms with Crippen molar-refractivity contribution in [2.45, 2.75) is 48.7 Å². The summed E-state index contributed by atoms with van der Waals surface area (Å²) in [6.45, 7) is -0.0239. The van der Waals surface area contributed by atoms with Crippen molar-refractivity contribution in [1.82, 2.24) is 4.98 Å². The Morgan fingerprint density at radius 3 is 2.59 bits per heavy atom. The normalized spacial score (nSPS) is 19.2. The molecule has 0 radical (unpaired) electrons. The second-order valence-electron chi connectivity index (χ2n) is 9.18. The highest BCUT2D eigenvalue weighted by Crippen LogP contribution is 2.40. The number of thiazole rings is 1. The molecule has 202 valence electrons. The van der Waals surface area contributed by atoms with Crippen LogP contribution in [0.1, 0.15) is 48.3 Å². The van der Waals surface area contributed by atoms with Crippen molar-refractivity contribution in [3.05, 3.63) is 89.5 Å². The number of carboxylic acid groups (broad SMARTS) is 1. The van der Waals surface area contributed by atoms with Crippen LogP contribution in [0.5, 0.6) is 0 Å². The van der Waals surface area contributed by atoms with Gasteiger partial charge in [-0.2, -0.15) is 0 Å². The number of thioether (sulfide) groups is 1. The van der Waals surface area contributed by atoms with Crippen molar-refractivity contribution in [3.63, 3.8) is 0 Å². The molecule has 4 aromatic rings. The van der Waals surface area contributed by atoms with Crippen LogP contribution in [0.25, 0.3) is 10.2 Å². The predicted molar refractivity (Wildman–Crippen MR) is 151 cm³/mol. The van der Waals surface area contributed by atoms with Gasteiger partial charge in [-0.3, -0.25) is 9.59 Å². The van der Waals surface area contributed by atoms with Gasteiger partial charge >= 0.3 is 5.97 Å². The SMILES string of the molecule is O=C(O)CCC(=O)Nc1cccc([C@@H]2O[C@H](CSc3nc4ccccc4s3)C[C@H](c3ccc(CO)cc3)O2)c1. The molecule has 2 heterocycles. The molecule has 0 aliphatic carbocycles. The summed E-state index contributed by atoms with van der Waals surface area (Å²) in [7, 11) is 0. The van der Waals surface area contributed by atoms with Gasteiger partial charge in [0.05, 0.1) is 35.5 Å². The first-order valence-electron chi connectivity index (χ1n) is 12.6. The van der Waals surface area contributed by atoms with Crippen LogP contribution in [0.4, 0.5) is 5.69 Å². The number of aromatic nitrogens is 1. The largest absolute Gasteiger partial charge is 0.481 e. The standard InChI is InChI=1S/C29H28N2O6S2/c32-16-18-8-10-19(11-9-18)24-15-22(17-38-29-31-23-6-1-2-7-25(23)39-29)36-28(37-24)20-4-3-5-21(14-20)30-26(33)12-13-27(34)35/h1-11,14,22,24,28,32H,12-13,15-17H2,(H,30,33)(H,34,35)/t22-,24+,28+/m0/s1. The number of carbonyl (C=O) groups is 2. The number of nitrogens with one attached hydrogen (secondary N) is 1. The van der Waals surface area contributed by atoms with E-state index >= 15 is 0 Å². The molecule has 1 fully saturated rings. The summed E-state index contributed by atoms with van der Waals surface area (Å²) in [6.07, 6.45) is -0.710. The highest BCUT2D eigenvalue weighted by atomic mass is 32.2. The van der Waals surface area contributed by atoms with E-state index in [1.807, 2.05) is 48.5 Å². The van der Waals surface area contributed by atoms with Crippen molar-refractivity contribution in [1.29, 1.82) is 0 Å². The summed E-state index contributed by atoms with van der Waals surface area (Å²) in [5.74, 6) is -0.695. The van der Waals surface area contributed by atoms with Gasteiger partial charge in [0.15, 0.2) is 10.6 Å². The zero-order valence-corrected chi connectivity index (χ0v) is 22.6. The number of carbonyl (C=O) groups excluding carboxylic acids is 1. The highest BCUT2D eigenvalue weighted by Gasteiger charge is 2.32. The molecule has 3 aromatic carbocycles. The first-order chi connectivity index (χ1) is 19.0. The Morgan fingerprint density at radius 2 is 1.82 bits per heavy atom. The lowest BCUT2D eigenvalue weighted by molar-refractivity contribution is -0.245. The zero-order valence-electron chi connectivity index (χ0n) is 21.0. The third kappa shape index (κ3) is 7.23. The Labute approximate surface area is 234 Å². The maximum atomic E-state index is 12.2. The lowest BCUT2D eigenvalue weighted by Gasteiger charge is -2.36. The minimum Gasteiger partial charge on any atom is -0.481 e. The van der Waals surface area contributed by atoms with Gasteiger partial charge in [-0.1, -0.05) is 60.3 Å². The molecule has 3 N–H and O–H groups in total. The predicted octanol–water partition coefficient (Wildman–Crippen LogP) is 5.93. The molecule has 8 nitrogen and oxygen atoms in total. The van der Waals surface area contributed by atoms with E-state index in [4.69, 9.17) is 19.6 Å². The average Bonchev–Trinajstić information content (AvgIpc) is 3.38. The number of amides is 1. The van der Waals surface area contributed by atoms with Gasteiger partial charge in [-0.15, -0.1) is 11.3 Å². The number of carboxylic acids is 1. The van der Waals surface area contributed by atoms with Gasteiger partial charge in [0.2, 0.25) is 5.91 Å². The molecule has 0 unspecified atom stereocenters. The Bertz CT molecular complexity index is 1410. The second-order valence-corrected chi connectivity index (χ2v) is 11.5. The van der Waals surface area contributed by atoms with E-state index in [0.717, 1.165) is 31.2 Å². The lowest BCUT2D eigenvalue weighted by Crippen LogP contribution is -2.31. The summed E-state index contributed by atoms with van der Waals surface area (Å²) < 4.78 is 14.9. The van der Waals surface area contributed by atoms with Crippen LogP contribution in [0.15, 0.2) is 77.1 Å². The molecule has 5 rings (SSSR count). The number of aliphatic hydroxyl groups is 1. The fourth-order valence-corrected chi connectivity index (χ4v) is 6.42. The maximum absolute atomic E-state index is 12.2. The van der Waals surface area contributed by atoms with Crippen molar-refractivity contribution < 1.29 is 29.3 Å². The van der Waals surface area contributed by atoms with E-state index in [-0.39, 0.29) is 37.6 Å². The smallest absolute Gasteiger partial charge is 0.303 e. The number of para-hydroxylation sites is 1. The first-order valence-corrected chi connectivity index (χ1v) is 14.4. The topological polar surface area (TPSA) is 118 Å². The van der Waals surface area contributed by atoms with E-state index in [1.165, 1.54) is 0 Å². The molecule has 3 atom stereocenters. The molecule has 0 bridgehead atoms. The van der Waals surface area contributed by atoms with Crippen LogP contribution < -0.4 is 5.32 Å². The highest BCUT2D eigenvalue weighted by molar-refractivity contribution is 8.01. The fourth-order valence-electron chi connectivity index (χ4n) is 4.31. The number of fused-ring (bicyclic) bond motifs is 1. The minimum absolute atomic E-state index is 0.0239. The third-order valence-corrected chi connectivity index (χ3v) is 8.60. The Morgan fingerprint density at radius 1 is 1.00 bits per heavy atom. The monoisotopic (exact) mass is 564 g/mol. The Kier molecular flexibility index (Phi) is 8.90. The summed E-state index contributed by atoms with van der Waals surface area (Å²) in [6, 6.07) is 23.0. The van der Waals surface area contributed by atoms with Crippen LogP contribution in [0.2, 0.25) is 0 Å². The molecule has 10 heteroatoms. The number of benzene rings is 3. The molecular formula is C29H28N2O6S2. The average molecular weight is 565 g/mol. The van der Waals surface area contributed by atoms with Gasteiger partial charge in [-0.05, 0) is 35.4 Å².